The molecule has 3 rings (SSSR count). The maximum atomic E-state index is 12.5. The van der Waals surface area contributed by atoms with E-state index in [0.717, 1.165) is 18.4 Å². The van der Waals surface area contributed by atoms with Gasteiger partial charge in [0.15, 0.2) is 0 Å². The summed E-state index contributed by atoms with van der Waals surface area (Å²) in [5.74, 6) is -0.0143. The van der Waals surface area contributed by atoms with Crippen LogP contribution in [0, 0.1) is 0 Å². The normalized spacial score (nSPS) is 23.2. The SMILES string of the molecule is O=C1CN(C2CC=CC2)C(=O)C(Cc2ccccc2)N1. The molecule has 2 aliphatic rings. The molecule has 1 aromatic carbocycles. The zero-order chi connectivity index (χ0) is 13.9. The Morgan fingerprint density at radius 2 is 1.80 bits per heavy atom. The van der Waals surface area contributed by atoms with Crippen molar-refractivity contribution < 1.29 is 9.59 Å². The van der Waals surface area contributed by atoms with Gasteiger partial charge in [0.05, 0.1) is 6.54 Å². The van der Waals surface area contributed by atoms with Gasteiger partial charge >= 0.3 is 0 Å². The molecule has 1 atom stereocenters. The molecule has 0 aromatic heterocycles. The van der Waals surface area contributed by atoms with Crippen LogP contribution in [0.15, 0.2) is 42.5 Å². The van der Waals surface area contributed by atoms with Crippen LogP contribution in [0.25, 0.3) is 0 Å². The number of nitrogens with one attached hydrogen (secondary N) is 1. The first-order chi connectivity index (χ1) is 9.74. The smallest absolute Gasteiger partial charge is 0.246 e. The van der Waals surface area contributed by atoms with Gasteiger partial charge in [-0.1, -0.05) is 42.5 Å². The van der Waals surface area contributed by atoms with Gasteiger partial charge in [-0.05, 0) is 18.4 Å². The Morgan fingerprint density at radius 3 is 2.50 bits per heavy atom. The molecule has 4 heteroatoms. The molecule has 1 fully saturated rings. The second kappa shape index (κ2) is 5.49. The Bertz CT molecular complexity index is 531. The van der Waals surface area contributed by atoms with Crippen molar-refractivity contribution in [3.8, 4) is 0 Å². The van der Waals surface area contributed by atoms with Gasteiger partial charge in [-0.15, -0.1) is 0 Å². The highest BCUT2D eigenvalue weighted by atomic mass is 16.2. The summed E-state index contributed by atoms with van der Waals surface area (Å²) in [5, 5.41) is 2.82. The molecule has 1 aromatic rings. The molecule has 1 saturated heterocycles. The van der Waals surface area contributed by atoms with Crippen LogP contribution in [0.1, 0.15) is 18.4 Å². The molecule has 1 heterocycles. The van der Waals surface area contributed by atoms with E-state index in [0.29, 0.717) is 6.42 Å². The highest BCUT2D eigenvalue weighted by Crippen LogP contribution is 2.20. The Balaban J connectivity index is 1.73. The van der Waals surface area contributed by atoms with E-state index >= 15 is 0 Å². The van der Waals surface area contributed by atoms with Gasteiger partial charge in [0.2, 0.25) is 11.8 Å². The molecule has 0 saturated carbocycles. The second-order valence-corrected chi connectivity index (χ2v) is 5.37. The van der Waals surface area contributed by atoms with Crippen molar-refractivity contribution in [1.82, 2.24) is 10.2 Å². The Labute approximate surface area is 118 Å². The van der Waals surface area contributed by atoms with Crippen LogP contribution < -0.4 is 5.32 Å². The third-order valence-electron chi connectivity index (χ3n) is 3.94. The molecule has 1 aliphatic heterocycles. The largest absolute Gasteiger partial charge is 0.342 e. The predicted molar refractivity (Wildman–Crippen MR) is 76.0 cm³/mol. The average Bonchev–Trinajstić information content (AvgIpc) is 2.97. The van der Waals surface area contributed by atoms with Gasteiger partial charge in [-0.2, -0.15) is 0 Å². The number of hydrogen-bond acceptors (Lipinski definition) is 2. The summed E-state index contributed by atoms with van der Waals surface area (Å²) in [6, 6.07) is 9.53. The lowest BCUT2D eigenvalue weighted by Gasteiger charge is -2.36. The molecule has 1 N–H and O–H groups in total. The Morgan fingerprint density at radius 1 is 1.10 bits per heavy atom. The summed E-state index contributed by atoms with van der Waals surface area (Å²) in [6.45, 7) is 0.191. The molecular weight excluding hydrogens is 252 g/mol. The first-order valence-electron chi connectivity index (χ1n) is 7.03. The number of hydrogen-bond donors (Lipinski definition) is 1. The minimum Gasteiger partial charge on any atom is -0.342 e. The quantitative estimate of drug-likeness (QED) is 0.841. The molecular formula is C16H18N2O2. The van der Waals surface area contributed by atoms with Crippen LogP contribution in [0.5, 0.6) is 0 Å². The molecule has 4 nitrogen and oxygen atoms in total. The fraction of sp³-hybridized carbons (Fsp3) is 0.375. The van der Waals surface area contributed by atoms with Crippen molar-refractivity contribution >= 4 is 11.8 Å². The van der Waals surface area contributed by atoms with Gasteiger partial charge < -0.3 is 10.2 Å². The fourth-order valence-corrected chi connectivity index (χ4v) is 2.89. The summed E-state index contributed by atoms with van der Waals surface area (Å²) < 4.78 is 0. The Hall–Kier alpha value is -2.10. The maximum Gasteiger partial charge on any atom is 0.246 e. The predicted octanol–water partition coefficient (Wildman–Crippen LogP) is 1.27. The van der Waals surface area contributed by atoms with E-state index in [-0.39, 0.29) is 24.4 Å². The van der Waals surface area contributed by atoms with Crippen LogP contribution in [0.4, 0.5) is 0 Å². The summed E-state index contributed by atoms with van der Waals surface area (Å²) in [5.41, 5.74) is 1.07. The molecule has 2 amide bonds. The Kier molecular flexibility index (Phi) is 3.54. The third kappa shape index (κ3) is 2.59. The minimum absolute atomic E-state index is 0.0437. The monoisotopic (exact) mass is 270 g/mol. The van der Waals surface area contributed by atoms with Crippen LogP contribution in [-0.2, 0) is 16.0 Å². The number of carbonyl (C=O) groups is 2. The van der Waals surface area contributed by atoms with Crippen molar-refractivity contribution in [3.05, 3.63) is 48.0 Å². The van der Waals surface area contributed by atoms with Gasteiger partial charge in [0.1, 0.15) is 6.04 Å². The van der Waals surface area contributed by atoms with E-state index in [1.807, 2.05) is 30.3 Å². The summed E-state index contributed by atoms with van der Waals surface area (Å²) in [7, 11) is 0. The van der Waals surface area contributed by atoms with E-state index in [4.69, 9.17) is 0 Å². The van der Waals surface area contributed by atoms with E-state index in [9.17, 15) is 9.59 Å². The number of piperazine rings is 1. The van der Waals surface area contributed by atoms with E-state index in [2.05, 4.69) is 17.5 Å². The van der Waals surface area contributed by atoms with Gasteiger partial charge in [0.25, 0.3) is 0 Å². The van der Waals surface area contributed by atoms with Crippen LogP contribution in [0.3, 0.4) is 0 Å². The lowest BCUT2D eigenvalue weighted by atomic mass is 10.0. The number of amides is 2. The van der Waals surface area contributed by atoms with E-state index < -0.39 is 6.04 Å². The zero-order valence-corrected chi connectivity index (χ0v) is 11.3. The molecule has 0 bridgehead atoms. The summed E-state index contributed by atoms with van der Waals surface area (Å²) >= 11 is 0. The molecule has 104 valence electrons. The number of benzene rings is 1. The number of carbonyl (C=O) groups excluding carboxylic acids is 2. The van der Waals surface area contributed by atoms with Crippen molar-refractivity contribution in [2.45, 2.75) is 31.3 Å². The van der Waals surface area contributed by atoms with E-state index in [1.54, 1.807) is 4.90 Å². The summed E-state index contributed by atoms with van der Waals surface area (Å²) in [6.07, 6.45) is 6.43. The highest BCUT2D eigenvalue weighted by molar-refractivity contribution is 5.95. The lowest BCUT2D eigenvalue weighted by Crippen LogP contribution is -2.60. The second-order valence-electron chi connectivity index (χ2n) is 5.37. The van der Waals surface area contributed by atoms with Crippen molar-refractivity contribution in [1.29, 1.82) is 0 Å². The average molecular weight is 270 g/mol. The van der Waals surface area contributed by atoms with E-state index in [1.165, 1.54) is 0 Å². The van der Waals surface area contributed by atoms with Crippen molar-refractivity contribution in [2.75, 3.05) is 6.54 Å². The number of nitrogens with zero attached hydrogens (tertiary/aromatic N) is 1. The summed E-state index contributed by atoms with van der Waals surface area (Å²) in [4.78, 5) is 26.1. The standard InChI is InChI=1S/C16H18N2O2/c19-15-11-18(13-8-4-5-9-13)16(20)14(17-15)10-12-6-2-1-3-7-12/h1-7,13-14H,8-11H2,(H,17,19). The molecule has 0 radical (unpaired) electrons. The molecule has 0 spiro atoms. The van der Waals surface area contributed by atoms with Gasteiger partial charge in [-0.25, -0.2) is 0 Å². The minimum atomic E-state index is -0.431. The first kappa shape index (κ1) is 12.9. The van der Waals surface area contributed by atoms with Crippen LogP contribution in [0.2, 0.25) is 0 Å². The molecule has 1 unspecified atom stereocenters. The molecule has 20 heavy (non-hydrogen) atoms. The third-order valence-corrected chi connectivity index (χ3v) is 3.94. The lowest BCUT2D eigenvalue weighted by molar-refractivity contribution is -0.146. The van der Waals surface area contributed by atoms with Gasteiger partial charge in [-0.3, -0.25) is 9.59 Å². The van der Waals surface area contributed by atoms with Crippen LogP contribution in [-0.4, -0.2) is 35.3 Å². The van der Waals surface area contributed by atoms with Crippen molar-refractivity contribution in [2.24, 2.45) is 0 Å². The maximum absolute atomic E-state index is 12.5. The topological polar surface area (TPSA) is 49.4 Å². The van der Waals surface area contributed by atoms with Crippen molar-refractivity contribution in [3.63, 3.8) is 0 Å². The zero-order valence-electron chi connectivity index (χ0n) is 11.3. The first-order valence-corrected chi connectivity index (χ1v) is 7.03. The highest BCUT2D eigenvalue weighted by Gasteiger charge is 2.36. The fourth-order valence-electron chi connectivity index (χ4n) is 2.89. The molecule has 1 aliphatic carbocycles. The van der Waals surface area contributed by atoms with Gasteiger partial charge in [0, 0.05) is 12.5 Å². The van der Waals surface area contributed by atoms with Crippen LogP contribution >= 0.6 is 0 Å². The number of rotatable bonds is 3.